The maximum absolute atomic E-state index is 13.7. The number of benzene rings is 1. The minimum atomic E-state index is -0.205. The van der Waals surface area contributed by atoms with Crippen molar-refractivity contribution >= 4 is 5.82 Å². The number of halogens is 1. The number of pyridine rings is 1. The highest BCUT2D eigenvalue weighted by atomic mass is 19.1. The smallest absolute Gasteiger partial charge is 0.254 e. The molecule has 0 radical (unpaired) electrons. The second-order valence-corrected chi connectivity index (χ2v) is 6.47. The molecule has 2 heterocycles. The van der Waals surface area contributed by atoms with Crippen LogP contribution in [-0.4, -0.2) is 22.0 Å². The van der Waals surface area contributed by atoms with Crippen molar-refractivity contribution < 1.29 is 4.39 Å². The third kappa shape index (κ3) is 3.64. The summed E-state index contributed by atoms with van der Waals surface area (Å²) in [5.41, 5.74) is 3.42. The van der Waals surface area contributed by atoms with Crippen LogP contribution in [0.5, 0.6) is 0 Å². The fourth-order valence-corrected chi connectivity index (χ4v) is 2.62. The van der Waals surface area contributed by atoms with Crippen LogP contribution in [0.4, 0.5) is 10.2 Å². The van der Waals surface area contributed by atoms with Crippen molar-refractivity contribution in [2.24, 2.45) is 0 Å². The Bertz CT molecular complexity index is 996. The highest BCUT2D eigenvalue weighted by Gasteiger charge is 2.09. The summed E-state index contributed by atoms with van der Waals surface area (Å²) >= 11 is 0. The van der Waals surface area contributed by atoms with Gasteiger partial charge in [-0.3, -0.25) is 4.79 Å². The summed E-state index contributed by atoms with van der Waals surface area (Å²) in [7, 11) is 1.90. The monoisotopic (exact) mass is 352 g/mol. The summed E-state index contributed by atoms with van der Waals surface area (Å²) in [6.45, 7) is 5.84. The molecule has 26 heavy (non-hydrogen) atoms. The first-order valence-corrected chi connectivity index (χ1v) is 8.35. The van der Waals surface area contributed by atoms with Gasteiger partial charge in [0, 0.05) is 36.6 Å². The zero-order valence-corrected chi connectivity index (χ0v) is 15.3. The van der Waals surface area contributed by atoms with Gasteiger partial charge in [-0.15, -0.1) is 0 Å². The molecule has 1 N–H and O–H groups in total. The van der Waals surface area contributed by atoms with E-state index in [0.29, 0.717) is 29.2 Å². The Morgan fingerprint density at radius 2 is 1.92 bits per heavy atom. The Morgan fingerprint density at radius 1 is 1.15 bits per heavy atom. The van der Waals surface area contributed by atoms with E-state index in [0.717, 1.165) is 16.9 Å². The van der Waals surface area contributed by atoms with Crippen molar-refractivity contribution in [1.82, 2.24) is 15.0 Å². The fourth-order valence-electron chi connectivity index (χ4n) is 2.62. The van der Waals surface area contributed by atoms with Crippen molar-refractivity contribution in [1.29, 1.82) is 0 Å². The number of aromatic nitrogens is 3. The molecule has 0 unspecified atom stereocenters. The van der Waals surface area contributed by atoms with E-state index in [1.165, 1.54) is 0 Å². The van der Waals surface area contributed by atoms with E-state index in [4.69, 9.17) is 0 Å². The molecule has 0 amide bonds. The first-order chi connectivity index (χ1) is 12.3. The van der Waals surface area contributed by atoms with Gasteiger partial charge in [-0.1, -0.05) is 12.1 Å². The number of aromatic amines is 1. The number of hydrogen-bond donors (Lipinski definition) is 1. The molecule has 0 bridgehead atoms. The number of nitrogens with one attached hydrogen (secondary N) is 1. The van der Waals surface area contributed by atoms with Crippen LogP contribution in [0, 0.1) is 26.6 Å². The van der Waals surface area contributed by atoms with Crippen LogP contribution in [0.15, 0.2) is 41.3 Å². The number of nitrogens with zero attached hydrogens (tertiary/aromatic N) is 3. The number of aryl methyl sites for hydroxylation is 2. The molecular weight excluding hydrogens is 331 g/mol. The van der Waals surface area contributed by atoms with Crippen LogP contribution in [0.3, 0.4) is 0 Å². The number of hydrogen-bond acceptors (Lipinski definition) is 4. The van der Waals surface area contributed by atoms with E-state index in [9.17, 15) is 9.18 Å². The van der Waals surface area contributed by atoms with Gasteiger partial charge in [-0.25, -0.2) is 14.4 Å². The summed E-state index contributed by atoms with van der Waals surface area (Å²) in [6, 6.07) is 8.95. The molecule has 0 aliphatic carbocycles. The SMILES string of the molecule is Cc1ccc(CN(C)c2ccc(-c3nc(C)c(C)c(=O)[nH]3)cn2)cc1F. The molecule has 0 aliphatic heterocycles. The maximum Gasteiger partial charge on any atom is 0.254 e. The summed E-state index contributed by atoms with van der Waals surface area (Å²) in [5.74, 6) is 1.05. The summed E-state index contributed by atoms with van der Waals surface area (Å²) in [6.07, 6.45) is 1.68. The van der Waals surface area contributed by atoms with Crippen LogP contribution < -0.4 is 10.5 Å². The highest BCUT2D eigenvalue weighted by Crippen LogP contribution is 2.19. The molecule has 3 rings (SSSR count). The molecule has 0 fully saturated rings. The molecule has 1 aromatic carbocycles. The van der Waals surface area contributed by atoms with Crippen LogP contribution in [0.25, 0.3) is 11.4 Å². The van der Waals surface area contributed by atoms with Crippen LogP contribution in [-0.2, 0) is 6.54 Å². The lowest BCUT2D eigenvalue weighted by Gasteiger charge is -2.18. The fraction of sp³-hybridized carbons (Fsp3) is 0.250. The predicted octanol–water partition coefficient (Wildman–Crippen LogP) is 3.53. The normalized spacial score (nSPS) is 10.8. The van der Waals surface area contributed by atoms with E-state index in [2.05, 4.69) is 15.0 Å². The topological polar surface area (TPSA) is 61.9 Å². The van der Waals surface area contributed by atoms with Gasteiger partial charge in [0.25, 0.3) is 5.56 Å². The highest BCUT2D eigenvalue weighted by molar-refractivity contribution is 5.56. The zero-order chi connectivity index (χ0) is 18.8. The Balaban J connectivity index is 1.80. The van der Waals surface area contributed by atoms with E-state index in [-0.39, 0.29) is 11.4 Å². The van der Waals surface area contributed by atoms with Gasteiger partial charge >= 0.3 is 0 Å². The summed E-state index contributed by atoms with van der Waals surface area (Å²) < 4.78 is 13.7. The molecular formula is C20H21FN4O. The Hall–Kier alpha value is -3.02. The standard InChI is InChI=1S/C20H21FN4O/c1-12-5-6-15(9-17(12)21)11-25(4)18-8-7-16(10-22-18)19-23-14(3)13(2)20(26)24-19/h5-10H,11H2,1-4H3,(H,23,24,26). The van der Waals surface area contributed by atoms with Crippen LogP contribution >= 0.6 is 0 Å². The lowest BCUT2D eigenvalue weighted by molar-refractivity contribution is 0.615. The lowest BCUT2D eigenvalue weighted by Crippen LogP contribution is -2.18. The summed E-state index contributed by atoms with van der Waals surface area (Å²) in [4.78, 5) is 25.5. The first kappa shape index (κ1) is 17.8. The molecule has 0 spiro atoms. The Kier molecular flexibility index (Phi) is 4.84. The number of H-pyrrole nitrogens is 1. The molecule has 5 nitrogen and oxygen atoms in total. The molecule has 0 aliphatic rings. The average Bonchev–Trinajstić information content (AvgIpc) is 2.62. The molecule has 0 saturated carbocycles. The van der Waals surface area contributed by atoms with Crippen molar-refractivity contribution in [2.75, 3.05) is 11.9 Å². The quantitative estimate of drug-likeness (QED) is 0.780. The van der Waals surface area contributed by atoms with E-state index in [1.54, 1.807) is 32.2 Å². The molecule has 0 saturated heterocycles. The second-order valence-electron chi connectivity index (χ2n) is 6.47. The van der Waals surface area contributed by atoms with E-state index >= 15 is 0 Å². The lowest BCUT2D eigenvalue weighted by atomic mass is 10.1. The van der Waals surface area contributed by atoms with Crippen molar-refractivity contribution in [3.8, 4) is 11.4 Å². The van der Waals surface area contributed by atoms with Crippen molar-refractivity contribution in [3.05, 3.63) is 75.1 Å². The van der Waals surface area contributed by atoms with Gasteiger partial charge in [-0.05, 0) is 50.1 Å². The molecule has 2 aromatic heterocycles. The van der Waals surface area contributed by atoms with Gasteiger partial charge in [0.2, 0.25) is 0 Å². The van der Waals surface area contributed by atoms with E-state index in [1.807, 2.05) is 37.1 Å². The van der Waals surface area contributed by atoms with Crippen molar-refractivity contribution in [3.63, 3.8) is 0 Å². The zero-order valence-electron chi connectivity index (χ0n) is 15.3. The number of anilines is 1. The third-order valence-corrected chi connectivity index (χ3v) is 4.46. The Labute approximate surface area is 151 Å². The average molecular weight is 352 g/mol. The molecule has 3 aromatic rings. The maximum atomic E-state index is 13.7. The first-order valence-electron chi connectivity index (χ1n) is 8.35. The van der Waals surface area contributed by atoms with Crippen LogP contribution in [0.1, 0.15) is 22.4 Å². The molecule has 0 atom stereocenters. The van der Waals surface area contributed by atoms with Gasteiger partial charge in [0.1, 0.15) is 17.5 Å². The van der Waals surface area contributed by atoms with Crippen molar-refractivity contribution in [2.45, 2.75) is 27.3 Å². The molecule has 6 heteroatoms. The third-order valence-electron chi connectivity index (χ3n) is 4.46. The largest absolute Gasteiger partial charge is 0.355 e. The Morgan fingerprint density at radius 3 is 2.54 bits per heavy atom. The predicted molar refractivity (Wildman–Crippen MR) is 101 cm³/mol. The van der Waals surface area contributed by atoms with Crippen LogP contribution in [0.2, 0.25) is 0 Å². The van der Waals surface area contributed by atoms with Gasteiger partial charge < -0.3 is 9.88 Å². The van der Waals surface area contributed by atoms with Gasteiger partial charge in [0.05, 0.1) is 0 Å². The minimum Gasteiger partial charge on any atom is -0.355 e. The molecule has 134 valence electrons. The second kappa shape index (κ2) is 7.07. The van der Waals surface area contributed by atoms with Gasteiger partial charge in [-0.2, -0.15) is 0 Å². The van der Waals surface area contributed by atoms with Gasteiger partial charge in [0.15, 0.2) is 0 Å². The minimum absolute atomic E-state index is 0.143. The number of rotatable bonds is 4. The van der Waals surface area contributed by atoms with E-state index < -0.39 is 0 Å². The summed E-state index contributed by atoms with van der Waals surface area (Å²) in [5, 5.41) is 0.